The number of hydrogen-bond acceptors (Lipinski definition) is 4. The van der Waals surface area contributed by atoms with E-state index in [9.17, 15) is 8.42 Å². The molecule has 0 saturated heterocycles. The standard InChI is InChI=1S/C13H24N4O2S/c1-7-8-17(13(3,4)5)20(18,19)12-10(2)15-16-11(12)9-14-6/h7,14H,1,8-9H2,2-6H3,(H,15,16). The maximum Gasteiger partial charge on any atom is 0.247 e. The van der Waals surface area contributed by atoms with Gasteiger partial charge < -0.3 is 5.32 Å². The van der Waals surface area contributed by atoms with Crippen LogP contribution in [0.1, 0.15) is 32.2 Å². The number of H-pyrrole nitrogens is 1. The van der Waals surface area contributed by atoms with Crippen molar-refractivity contribution in [1.82, 2.24) is 19.8 Å². The number of nitrogens with zero attached hydrogens (tertiary/aromatic N) is 2. The van der Waals surface area contributed by atoms with Crippen molar-refractivity contribution in [2.24, 2.45) is 0 Å². The molecule has 0 unspecified atom stereocenters. The van der Waals surface area contributed by atoms with Gasteiger partial charge in [-0.15, -0.1) is 6.58 Å². The van der Waals surface area contributed by atoms with Crippen LogP contribution in [-0.2, 0) is 16.6 Å². The molecule has 0 bridgehead atoms. The lowest BCUT2D eigenvalue weighted by Gasteiger charge is -2.33. The van der Waals surface area contributed by atoms with Gasteiger partial charge in [-0.05, 0) is 34.7 Å². The van der Waals surface area contributed by atoms with Crippen LogP contribution in [0.2, 0.25) is 0 Å². The van der Waals surface area contributed by atoms with Crippen LogP contribution in [0.4, 0.5) is 0 Å². The molecule has 0 saturated carbocycles. The molecule has 0 amide bonds. The third kappa shape index (κ3) is 3.28. The van der Waals surface area contributed by atoms with Crippen molar-refractivity contribution in [3.05, 3.63) is 24.0 Å². The molecule has 114 valence electrons. The van der Waals surface area contributed by atoms with E-state index in [1.54, 1.807) is 20.0 Å². The summed E-state index contributed by atoms with van der Waals surface area (Å²) >= 11 is 0. The van der Waals surface area contributed by atoms with Gasteiger partial charge in [-0.3, -0.25) is 5.10 Å². The Hall–Kier alpha value is -1.18. The maximum atomic E-state index is 12.9. The number of rotatable bonds is 6. The van der Waals surface area contributed by atoms with Gasteiger partial charge in [0.25, 0.3) is 0 Å². The summed E-state index contributed by atoms with van der Waals surface area (Å²) in [5, 5.41) is 9.77. The molecule has 1 heterocycles. The minimum Gasteiger partial charge on any atom is -0.314 e. The van der Waals surface area contributed by atoms with Crippen LogP contribution in [-0.4, -0.2) is 42.1 Å². The predicted octanol–water partition coefficient (Wildman–Crippen LogP) is 1.41. The van der Waals surface area contributed by atoms with Gasteiger partial charge >= 0.3 is 0 Å². The highest BCUT2D eigenvalue weighted by Crippen LogP contribution is 2.27. The SMILES string of the molecule is C=CCN(C(C)(C)C)S(=O)(=O)c1c(CNC)n[nH]c1C. The zero-order valence-electron chi connectivity index (χ0n) is 12.8. The van der Waals surface area contributed by atoms with Gasteiger partial charge in [0, 0.05) is 18.6 Å². The Morgan fingerprint density at radius 1 is 1.45 bits per heavy atom. The van der Waals surface area contributed by atoms with Crippen LogP contribution >= 0.6 is 0 Å². The average Bonchev–Trinajstić information content (AvgIpc) is 2.67. The molecule has 0 aliphatic heterocycles. The second kappa shape index (κ2) is 6.07. The summed E-state index contributed by atoms with van der Waals surface area (Å²) in [6, 6.07) is 0. The first kappa shape index (κ1) is 16.9. The second-order valence-electron chi connectivity index (χ2n) is 5.65. The Morgan fingerprint density at radius 2 is 2.05 bits per heavy atom. The van der Waals surface area contributed by atoms with Gasteiger partial charge in [-0.1, -0.05) is 6.08 Å². The highest BCUT2D eigenvalue weighted by atomic mass is 32.2. The Morgan fingerprint density at radius 3 is 2.50 bits per heavy atom. The molecule has 1 aromatic heterocycles. The number of nitrogens with one attached hydrogen (secondary N) is 2. The highest BCUT2D eigenvalue weighted by molar-refractivity contribution is 7.89. The monoisotopic (exact) mass is 300 g/mol. The first-order chi connectivity index (χ1) is 9.16. The summed E-state index contributed by atoms with van der Waals surface area (Å²) < 4.78 is 27.3. The molecule has 2 N–H and O–H groups in total. The molecular weight excluding hydrogens is 276 g/mol. The summed E-state index contributed by atoms with van der Waals surface area (Å²) in [6.07, 6.45) is 1.59. The Balaban J connectivity index is 3.41. The molecule has 7 heteroatoms. The first-order valence-corrected chi connectivity index (χ1v) is 7.92. The van der Waals surface area contributed by atoms with Crippen molar-refractivity contribution in [3.63, 3.8) is 0 Å². The van der Waals surface area contributed by atoms with Crippen LogP contribution in [0, 0.1) is 6.92 Å². The molecule has 1 rings (SSSR count). The third-order valence-corrected chi connectivity index (χ3v) is 5.23. The van der Waals surface area contributed by atoms with Crippen LogP contribution in [0.15, 0.2) is 17.6 Å². The van der Waals surface area contributed by atoms with Gasteiger partial charge in [-0.2, -0.15) is 9.40 Å². The Bertz CT molecular complexity index is 570. The topological polar surface area (TPSA) is 78.1 Å². The zero-order chi connectivity index (χ0) is 15.6. The number of aromatic amines is 1. The number of aromatic nitrogens is 2. The van der Waals surface area contributed by atoms with E-state index in [0.29, 0.717) is 17.9 Å². The normalized spacial score (nSPS) is 12.9. The molecule has 0 aliphatic rings. The van der Waals surface area contributed by atoms with Gasteiger partial charge in [0.2, 0.25) is 10.0 Å². The molecule has 6 nitrogen and oxygen atoms in total. The fourth-order valence-electron chi connectivity index (χ4n) is 2.06. The fourth-order valence-corrected chi connectivity index (χ4v) is 4.15. The van der Waals surface area contributed by atoms with Gasteiger partial charge in [-0.25, -0.2) is 8.42 Å². The number of aryl methyl sites for hydroxylation is 1. The number of sulfonamides is 1. The van der Waals surface area contributed by atoms with E-state index < -0.39 is 15.6 Å². The lowest BCUT2D eigenvalue weighted by atomic mass is 10.1. The van der Waals surface area contributed by atoms with Crippen LogP contribution in [0.5, 0.6) is 0 Å². The third-order valence-electron chi connectivity index (χ3n) is 2.90. The van der Waals surface area contributed by atoms with Crippen molar-refractivity contribution in [3.8, 4) is 0 Å². The Kier molecular flexibility index (Phi) is 5.12. The van der Waals surface area contributed by atoms with E-state index in [4.69, 9.17) is 0 Å². The van der Waals surface area contributed by atoms with Crippen LogP contribution in [0.25, 0.3) is 0 Å². The average molecular weight is 300 g/mol. The number of hydrogen-bond donors (Lipinski definition) is 2. The molecule has 20 heavy (non-hydrogen) atoms. The molecular formula is C13H24N4O2S. The van der Waals surface area contributed by atoms with Crippen LogP contribution < -0.4 is 5.32 Å². The van der Waals surface area contributed by atoms with Crippen molar-refractivity contribution in [2.45, 2.75) is 44.7 Å². The largest absolute Gasteiger partial charge is 0.314 e. The molecule has 0 atom stereocenters. The van der Waals surface area contributed by atoms with E-state index in [2.05, 4.69) is 22.1 Å². The van der Waals surface area contributed by atoms with Crippen molar-refractivity contribution < 1.29 is 8.42 Å². The summed E-state index contributed by atoms with van der Waals surface area (Å²) in [5.41, 5.74) is 0.519. The quantitative estimate of drug-likeness (QED) is 0.779. The minimum atomic E-state index is -3.63. The molecule has 1 aromatic rings. The molecule has 0 aliphatic carbocycles. The molecule has 0 fully saturated rings. The lowest BCUT2D eigenvalue weighted by Crippen LogP contribution is -2.45. The van der Waals surface area contributed by atoms with Gasteiger partial charge in [0.05, 0.1) is 11.4 Å². The maximum absolute atomic E-state index is 12.9. The minimum absolute atomic E-state index is 0.253. The Labute approximate surface area is 121 Å². The van der Waals surface area contributed by atoms with E-state index >= 15 is 0 Å². The summed E-state index contributed by atoms with van der Waals surface area (Å²) in [6.45, 7) is 11.6. The van der Waals surface area contributed by atoms with E-state index in [-0.39, 0.29) is 11.4 Å². The predicted molar refractivity (Wildman–Crippen MR) is 79.9 cm³/mol. The van der Waals surface area contributed by atoms with Crippen molar-refractivity contribution >= 4 is 10.0 Å². The van der Waals surface area contributed by atoms with Gasteiger partial charge in [0.1, 0.15) is 4.90 Å². The van der Waals surface area contributed by atoms with E-state index in [1.165, 1.54) is 4.31 Å². The second-order valence-corrected chi connectivity index (χ2v) is 7.45. The summed E-state index contributed by atoms with van der Waals surface area (Å²) in [7, 11) is -1.88. The van der Waals surface area contributed by atoms with Crippen LogP contribution in [0.3, 0.4) is 0 Å². The molecule has 0 radical (unpaired) electrons. The van der Waals surface area contributed by atoms with Crippen molar-refractivity contribution in [2.75, 3.05) is 13.6 Å². The summed E-state index contributed by atoms with van der Waals surface area (Å²) in [4.78, 5) is 0.253. The van der Waals surface area contributed by atoms with E-state index in [0.717, 1.165) is 0 Å². The molecule has 0 spiro atoms. The smallest absolute Gasteiger partial charge is 0.247 e. The highest BCUT2D eigenvalue weighted by Gasteiger charge is 2.36. The first-order valence-electron chi connectivity index (χ1n) is 6.48. The fraction of sp³-hybridized carbons (Fsp3) is 0.615. The van der Waals surface area contributed by atoms with Crippen molar-refractivity contribution in [1.29, 1.82) is 0 Å². The van der Waals surface area contributed by atoms with E-state index in [1.807, 2.05) is 20.8 Å². The zero-order valence-corrected chi connectivity index (χ0v) is 13.6. The molecule has 0 aromatic carbocycles. The van der Waals surface area contributed by atoms with Gasteiger partial charge in [0.15, 0.2) is 0 Å². The summed E-state index contributed by atoms with van der Waals surface area (Å²) in [5.74, 6) is 0. The lowest BCUT2D eigenvalue weighted by molar-refractivity contribution is 0.269.